The van der Waals surface area contributed by atoms with Gasteiger partial charge in [0.15, 0.2) is 0 Å². The number of hydrogen-bond donors (Lipinski definition) is 0. The van der Waals surface area contributed by atoms with E-state index in [1.54, 1.807) is 0 Å². The lowest BCUT2D eigenvalue weighted by Gasteiger charge is -2.08. The van der Waals surface area contributed by atoms with Crippen LogP contribution in [0.2, 0.25) is 0 Å². The minimum absolute atomic E-state index is 0.0310. The zero-order valence-corrected chi connectivity index (χ0v) is 9.67. The fraction of sp³-hybridized carbons (Fsp3) is 0.571. The summed E-state index contributed by atoms with van der Waals surface area (Å²) < 4.78 is 67.0. The highest BCUT2D eigenvalue weighted by atomic mass is 32.2. The second-order valence-electron chi connectivity index (χ2n) is 3.01. The van der Waals surface area contributed by atoms with Gasteiger partial charge in [-0.3, -0.25) is 0 Å². The third-order valence-electron chi connectivity index (χ3n) is 1.66. The number of hydrogen-bond acceptors (Lipinski definition) is 5. The predicted molar refractivity (Wildman–Crippen MR) is 49.5 cm³/mol. The van der Waals surface area contributed by atoms with Gasteiger partial charge in [-0.25, -0.2) is 4.68 Å². The van der Waals surface area contributed by atoms with E-state index in [-0.39, 0.29) is 12.3 Å². The Morgan fingerprint density at radius 1 is 1.47 bits per heavy atom. The fourth-order valence-electron chi connectivity index (χ4n) is 0.963. The van der Waals surface area contributed by atoms with Crippen LogP contribution in [0.5, 0.6) is 5.88 Å². The molecule has 0 bridgehead atoms. The van der Waals surface area contributed by atoms with Gasteiger partial charge in [0.25, 0.3) is 0 Å². The quantitative estimate of drug-likeness (QED) is 0.600. The SMILES string of the molecule is COCc1cc(OS(=O)(=O)C(F)(F)F)n(C)n1. The van der Waals surface area contributed by atoms with Gasteiger partial charge in [-0.1, -0.05) is 0 Å². The van der Waals surface area contributed by atoms with E-state index in [1.807, 2.05) is 0 Å². The van der Waals surface area contributed by atoms with Crippen LogP contribution in [-0.2, 0) is 28.5 Å². The number of rotatable bonds is 4. The number of nitrogens with zero attached hydrogens (tertiary/aromatic N) is 2. The summed E-state index contributed by atoms with van der Waals surface area (Å²) in [6.07, 6.45) is 0. The zero-order valence-electron chi connectivity index (χ0n) is 8.85. The first-order chi connectivity index (χ1) is 7.67. The van der Waals surface area contributed by atoms with E-state index in [1.165, 1.54) is 14.2 Å². The number of aryl methyl sites for hydroxylation is 1. The van der Waals surface area contributed by atoms with E-state index >= 15 is 0 Å². The third kappa shape index (κ3) is 3.09. The molecule has 0 N–H and O–H groups in total. The molecule has 0 aliphatic rings. The highest BCUT2D eigenvalue weighted by Gasteiger charge is 2.49. The number of halogens is 3. The number of aromatic nitrogens is 2. The monoisotopic (exact) mass is 274 g/mol. The Kier molecular flexibility index (Phi) is 3.67. The summed E-state index contributed by atoms with van der Waals surface area (Å²) >= 11 is 0. The molecule has 0 aliphatic carbocycles. The highest BCUT2D eigenvalue weighted by molar-refractivity contribution is 7.87. The number of alkyl halides is 3. The van der Waals surface area contributed by atoms with Crippen molar-refractivity contribution < 1.29 is 30.5 Å². The van der Waals surface area contributed by atoms with Crippen molar-refractivity contribution in [1.82, 2.24) is 9.78 Å². The van der Waals surface area contributed by atoms with Gasteiger partial charge in [-0.2, -0.15) is 26.7 Å². The van der Waals surface area contributed by atoms with Crippen molar-refractivity contribution in [3.8, 4) is 5.88 Å². The molecule has 0 aliphatic heterocycles. The molecule has 0 atom stereocenters. The highest BCUT2D eigenvalue weighted by Crippen LogP contribution is 2.27. The fourth-order valence-corrected chi connectivity index (χ4v) is 1.44. The summed E-state index contributed by atoms with van der Waals surface area (Å²) in [5.74, 6) is -0.533. The Morgan fingerprint density at radius 2 is 2.06 bits per heavy atom. The molecule has 1 rings (SSSR count). The van der Waals surface area contributed by atoms with Crippen LogP contribution in [0.4, 0.5) is 13.2 Å². The van der Waals surface area contributed by atoms with E-state index < -0.39 is 21.5 Å². The summed E-state index contributed by atoms with van der Waals surface area (Å²) in [4.78, 5) is 0. The summed E-state index contributed by atoms with van der Waals surface area (Å²) in [6, 6.07) is 1.05. The second-order valence-corrected chi connectivity index (χ2v) is 4.55. The predicted octanol–water partition coefficient (Wildman–Crippen LogP) is 0.795. The molecular formula is C7H9F3N2O4S. The molecule has 98 valence electrons. The third-order valence-corrected chi connectivity index (χ3v) is 2.62. The van der Waals surface area contributed by atoms with Crippen molar-refractivity contribution in [3.05, 3.63) is 11.8 Å². The van der Waals surface area contributed by atoms with Gasteiger partial charge in [-0.05, 0) is 0 Å². The molecule has 0 radical (unpaired) electrons. The molecule has 1 heterocycles. The van der Waals surface area contributed by atoms with Gasteiger partial charge in [-0.15, -0.1) is 0 Å². The van der Waals surface area contributed by atoms with Gasteiger partial charge in [0.2, 0.25) is 5.88 Å². The first-order valence-electron chi connectivity index (χ1n) is 4.20. The standard InChI is InChI=1S/C7H9F3N2O4S/c1-12-6(3-5(11-12)4-15-2)16-17(13,14)7(8,9)10/h3H,4H2,1-2H3. The van der Waals surface area contributed by atoms with Gasteiger partial charge >= 0.3 is 15.6 Å². The molecule has 0 saturated heterocycles. The van der Waals surface area contributed by atoms with Crippen LogP contribution < -0.4 is 4.18 Å². The molecule has 17 heavy (non-hydrogen) atoms. The first kappa shape index (κ1) is 13.8. The topological polar surface area (TPSA) is 70.4 Å². The van der Waals surface area contributed by atoms with Crippen LogP contribution in [0.25, 0.3) is 0 Å². The maximum Gasteiger partial charge on any atom is 0.534 e. The molecule has 1 aromatic heterocycles. The minimum Gasteiger partial charge on any atom is -0.378 e. The largest absolute Gasteiger partial charge is 0.534 e. The molecule has 0 saturated carbocycles. The molecule has 0 fully saturated rings. The van der Waals surface area contributed by atoms with Gasteiger partial charge in [0.1, 0.15) is 0 Å². The molecular weight excluding hydrogens is 265 g/mol. The number of ether oxygens (including phenoxy) is 1. The molecule has 0 spiro atoms. The van der Waals surface area contributed by atoms with Crippen molar-refractivity contribution in [3.63, 3.8) is 0 Å². The van der Waals surface area contributed by atoms with Crippen LogP contribution in [0.15, 0.2) is 6.07 Å². The smallest absolute Gasteiger partial charge is 0.378 e. The molecule has 0 amide bonds. The van der Waals surface area contributed by atoms with Crippen LogP contribution >= 0.6 is 0 Å². The van der Waals surface area contributed by atoms with Crippen LogP contribution in [0, 0.1) is 0 Å². The van der Waals surface area contributed by atoms with Crippen LogP contribution in [-0.4, -0.2) is 30.8 Å². The molecule has 6 nitrogen and oxygen atoms in total. The lowest BCUT2D eigenvalue weighted by molar-refractivity contribution is -0.0502. The summed E-state index contributed by atoms with van der Waals surface area (Å²) in [7, 11) is -3.06. The van der Waals surface area contributed by atoms with Crippen molar-refractivity contribution >= 4 is 10.1 Å². The van der Waals surface area contributed by atoms with Gasteiger partial charge < -0.3 is 8.92 Å². The summed E-state index contributed by atoms with van der Waals surface area (Å²) in [5.41, 5.74) is -5.22. The zero-order chi connectivity index (χ0) is 13.3. The van der Waals surface area contributed by atoms with Gasteiger partial charge in [0, 0.05) is 20.2 Å². The Morgan fingerprint density at radius 3 is 2.53 bits per heavy atom. The Hall–Kier alpha value is -1.29. The lowest BCUT2D eigenvalue weighted by atomic mass is 10.5. The first-order valence-corrected chi connectivity index (χ1v) is 5.61. The Bertz CT molecular complexity index is 494. The van der Waals surface area contributed by atoms with Crippen molar-refractivity contribution in [2.45, 2.75) is 12.1 Å². The van der Waals surface area contributed by atoms with Crippen molar-refractivity contribution in [2.24, 2.45) is 7.05 Å². The molecule has 0 unspecified atom stereocenters. The average molecular weight is 274 g/mol. The van der Waals surface area contributed by atoms with E-state index in [4.69, 9.17) is 4.74 Å². The maximum absolute atomic E-state index is 12.0. The molecule has 0 aromatic carbocycles. The van der Waals surface area contributed by atoms with E-state index in [0.29, 0.717) is 0 Å². The van der Waals surface area contributed by atoms with Crippen LogP contribution in [0.3, 0.4) is 0 Å². The van der Waals surface area contributed by atoms with E-state index in [9.17, 15) is 21.6 Å². The van der Waals surface area contributed by atoms with E-state index in [0.717, 1.165) is 10.7 Å². The molecule has 10 heteroatoms. The molecule has 1 aromatic rings. The lowest BCUT2D eigenvalue weighted by Crippen LogP contribution is -2.28. The normalized spacial score (nSPS) is 12.8. The second kappa shape index (κ2) is 4.53. The van der Waals surface area contributed by atoms with Gasteiger partial charge in [0.05, 0.1) is 12.3 Å². The van der Waals surface area contributed by atoms with E-state index in [2.05, 4.69) is 9.28 Å². The Balaban J connectivity index is 2.97. The van der Waals surface area contributed by atoms with Crippen molar-refractivity contribution in [2.75, 3.05) is 7.11 Å². The van der Waals surface area contributed by atoms with Crippen LogP contribution in [0.1, 0.15) is 5.69 Å². The minimum atomic E-state index is -5.68. The summed E-state index contributed by atoms with van der Waals surface area (Å²) in [6.45, 7) is 0.0310. The van der Waals surface area contributed by atoms with Crippen molar-refractivity contribution in [1.29, 1.82) is 0 Å². The Labute approximate surface area is 95.1 Å². The average Bonchev–Trinajstić information content (AvgIpc) is 2.44. The summed E-state index contributed by atoms with van der Waals surface area (Å²) in [5, 5.41) is 3.70. The number of methoxy groups -OCH3 is 1. The maximum atomic E-state index is 12.0.